The molecule has 0 radical (unpaired) electrons. The SMILES string of the molecule is O=C(O)C(CCCCCC(F)(F)F)c1c[nH]c2ccccc12. The van der Waals surface area contributed by atoms with Gasteiger partial charge in [0.2, 0.25) is 0 Å². The van der Waals surface area contributed by atoms with E-state index in [9.17, 15) is 23.1 Å². The smallest absolute Gasteiger partial charge is 0.389 e. The minimum absolute atomic E-state index is 0.0454. The lowest BCUT2D eigenvalue weighted by Crippen LogP contribution is -2.11. The Morgan fingerprint density at radius 2 is 1.91 bits per heavy atom. The molecule has 120 valence electrons. The minimum Gasteiger partial charge on any atom is -0.481 e. The highest BCUT2D eigenvalue weighted by molar-refractivity contribution is 5.89. The van der Waals surface area contributed by atoms with Gasteiger partial charge in [0.05, 0.1) is 5.92 Å². The molecule has 2 aromatic rings. The Balaban J connectivity index is 1.98. The number of benzene rings is 1. The number of alkyl halides is 3. The highest BCUT2D eigenvalue weighted by atomic mass is 19.4. The van der Waals surface area contributed by atoms with Crippen molar-refractivity contribution in [2.75, 3.05) is 0 Å². The number of hydrogen-bond donors (Lipinski definition) is 2. The first kappa shape index (κ1) is 16.4. The van der Waals surface area contributed by atoms with Gasteiger partial charge in [-0.25, -0.2) is 0 Å². The van der Waals surface area contributed by atoms with Gasteiger partial charge < -0.3 is 10.1 Å². The second kappa shape index (κ2) is 6.85. The van der Waals surface area contributed by atoms with Gasteiger partial charge in [-0.3, -0.25) is 4.79 Å². The maximum atomic E-state index is 12.1. The predicted octanol–water partition coefficient (Wildman–Crippen LogP) is 4.85. The third kappa shape index (κ3) is 4.26. The zero-order valence-corrected chi connectivity index (χ0v) is 12.0. The van der Waals surface area contributed by atoms with Crippen LogP contribution < -0.4 is 0 Å². The summed E-state index contributed by atoms with van der Waals surface area (Å²) in [7, 11) is 0. The number of fused-ring (bicyclic) bond motifs is 1. The highest BCUT2D eigenvalue weighted by Crippen LogP contribution is 2.30. The van der Waals surface area contributed by atoms with Crippen molar-refractivity contribution in [3.8, 4) is 0 Å². The average Bonchev–Trinajstić information content (AvgIpc) is 2.85. The van der Waals surface area contributed by atoms with Crippen LogP contribution in [0.15, 0.2) is 30.5 Å². The van der Waals surface area contributed by atoms with Crippen LogP contribution in [0.1, 0.15) is 43.6 Å². The summed E-state index contributed by atoms with van der Waals surface area (Å²) < 4.78 is 36.2. The molecule has 0 aliphatic rings. The van der Waals surface area contributed by atoms with Crippen molar-refractivity contribution >= 4 is 16.9 Å². The van der Waals surface area contributed by atoms with E-state index in [0.717, 1.165) is 10.9 Å². The van der Waals surface area contributed by atoms with Crippen LogP contribution in [0, 0.1) is 0 Å². The second-order valence-corrected chi connectivity index (χ2v) is 5.39. The molecule has 0 amide bonds. The lowest BCUT2D eigenvalue weighted by Gasteiger charge is -2.12. The number of aliphatic carboxylic acids is 1. The summed E-state index contributed by atoms with van der Waals surface area (Å²) in [6.45, 7) is 0. The standard InChI is InChI=1S/C16H18F3NO2/c17-16(18,19)9-5-1-2-7-12(15(21)22)13-10-20-14-8-4-3-6-11(13)14/h3-4,6,8,10,12,20H,1-2,5,7,9H2,(H,21,22). The molecule has 3 nitrogen and oxygen atoms in total. The Labute approximate surface area is 126 Å². The van der Waals surface area contributed by atoms with Crippen LogP contribution in [0.3, 0.4) is 0 Å². The van der Waals surface area contributed by atoms with Gasteiger partial charge in [0.25, 0.3) is 0 Å². The summed E-state index contributed by atoms with van der Waals surface area (Å²) in [4.78, 5) is 14.5. The molecule has 1 unspecified atom stereocenters. The molecule has 2 rings (SSSR count). The summed E-state index contributed by atoms with van der Waals surface area (Å²) in [5, 5.41) is 10.2. The summed E-state index contributed by atoms with van der Waals surface area (Å²) >= 11 is 0. The molecule has 0 aliphatic carbocycles. The van der Waals surface area contributed by atoms with E-state index in [2.05, 4.69) is 4.98 Å². The normalized spacial score (nSPS) is 13.4. The molecule has 6 heteroatoms. The molecule has 22 heavy (non-hydrogen) atoms. The van der Waals surface area contributed by atoms with E-state index >= 15 is 0 Å². The molecule has 0 saturated heterocycles. The number of aromatic amines is 1. The number of hydrogen-bond acceptors (Lipinski definition) is 1. The van der Waals surface area contributed by atoms with Crippen molar-refractivity contribution < 1.29 is 23.1 Å². The average molecular weight is 313 g/mol. The number of nitrogens with one attached hydrogen (secondary N) is 1. The number of carboxylic acids is 1. The zero-order valence-electron chi connectivity index (χ0n) is 12.0. The number of halogens is 3. The van der Waals surface area contributed by atoms with Crippen LogP contribution in [-0.4, -0.2) is 22.2 Å². The van der Waals surface area contributed by atoms with Crippen LogP contribution in [0.5, 0.6) is 0 Å². The molecule has 0 aliphatic heterocycles. The number of unbranched alkanes of at least 4 members (excludes halogenated alkanes) is 2. The second-order valence-electron chi connectivity index (χ2n) is 5.39. The lowest BCUT2D eigenvalue weighted by atomic mass is 9.93. The number of para-hydroxylation sites is 1. The Bertz CT molecular complexity index is 634. The summed E-state index contributed by atoms with van der Waals surface area (Å²) in [5.74, 6) is -1.64. The first-order valence-electron chi connectivity index (χ1n) is 7.24. The van der Waals surface area contributed by atoms with Crippen LogP contribution >= 0.6 is 0 Å². The van der Waals surface area contributed by atoms with Crippen LogP contribution in [0.25, 0.3) is 10.9 Å². The Kier molecular flexibility index (Phi) is 5.11. The van der Waals surface area contributed by atoms with Crippen LogP contribution in [0.2, 0.25) is 0 Å². The van der Waals surface area contributed by atoms with Crippen LogP contribution in [-0.2, 0) is 4.79 Å². The fourth-order valence-corrected chi connectivity index (χ4v) is 2.64. The molecule has 2 N–H and O–H groups in total. The summed E-state index contributed by atoms with van der Waals surface area (Å²) in [5.41, 5.74) is 1.56. The Hall–Kier alpha value is -1.98. The fourth-order valence-electron chi connectivity index (χ4n) is 2.64. The third-order valence-electron chi connectivity index (χ3n) is 3.75. The predicted molar refractivity (Wildman–Crippen MR) is 77.8 cm³/mol. The first-order chi connectivity index (χ1) is 10.4. The van der Waals surface area contributed by atoms with Gasteiger partial charge in [-0.15, -0.1) is 0 Å². The molecule has 0 bridgehead atoms. The molecule has 1 atom stereocenters. The largest absolute Gasteiger partial charge is 0.481 e. The van der Waals surface area contributed by atoms with E-state index < -0.39 is 24.5 Å². The Morgan fingerprint density at radius 3 is 2.59 bits per heavy atom. The molecule has 0 saturated carbocycles. The number of aromatic nitrogens is 1. The zero-order chi connectivity index (χ0) is 16.2. The van der Waals surface area contributed by atoms with E-state index in [1.54, 1.807) is 6.20 Å². The van der Waals surface area contributed by atoms with Gasteiger partial charge in [0, 0.05) is 23.5 Å². The Morgan fingerprint density at radius 1 is 1.18 bits per heavy atom. The van der Waals surface area contributed by atoms with E-state index in [1.165, 1.54) is 0 Å². The molecular formula is C16H18F3NO2. The van der Waals surface area contributed by atoms with Gasteiger partial charge in [-0.2, -0.15) is 13.2 Å². The number of rotatable bonds is 7. The molecule has 1 aromatic heterocycles. The van der Waals surface area contributed by atoms with Crippen LogP contribution in [0.4, 0.5) is 13.2 Å². The van der Waals surface area contributed by atoms with Crippen molar-refractivity contribution in [2.45, 2.75) is 44.2 Å². The number of carboxylic acid groups (broad SMARTS) is 1. The van der Waals surface area contributed by atoms with Crippen molar-refractivity contribution in [3.05, 3.63) is 36.0 Å². The van der Waals surface area contributed by atoms with Crippen molar-refractivity contribution in [1.29, 1.82) is 0 Å². The molecular weight excluding hydrogens is 295 g/mol. The van der Waals surface area contributed by atoms with E-state index in [0.29, 0.717) is 24.8 Å². The maximum absolute atomic E-state index is 12.1. The van der Waals surface area contributed by atoms with E-state index in [4.69, 9.17) is 0 Å². The van der Waals surface area contributed by atoms with Gasteiger partial charge in [-0.05, 0) is 24.5 Å². The summed E-state index contributed by atoms with van der Waals surface area (Å²) in [6, 6.07) is 7.40. The molecule has 1 heterocycles. The van der Waals surface area contributed by atoms with Crippen molar-refractivity contribution in [3.63, 3.8) is 0 Å². The van der Waals surface area contributed by atoms with Gasteiger partial charge in [0.15, 0.2) is 0 Å². The van der Waals surface area contributed by atoms with E-state index in [-0.39, 0.29) is 6.42 Å². The van der Waals surface area contributed by atoms with Gasteiger partial charge in [-0.1, -0.05) is 31.0 Å². The van der Waals surface area contributed by atoms with Gasteiger partial charge in [0.1, 0.15) is 0 Å². The van der Waals surface area contributed by atoms with Crippen molar-refractivity contribution in [1.82, 2.24) is 4.98 Å². The summed E-state index contributed by atoms with van der Waals surface area (Å²) in [6.07, 6.45) is -2.03. The van der Waals surface area contributed by atoms with Gasteiger partial charge >= 0.3 is 12.1 Å². The minimum atomic E-state index is -4.14. The van der Waals surface area contributed by atoms with E-state index in [1.807, 2.05) is 24.3 Å². The first-order valence-corrected chi connectivity index (χ1v) is 7.24. The number of H-pyrrole nitrogens is 1. The number of carbonyl (C=O) groups is 1. The lowest BCUT2D eigenvalue weighted by molar-refractivity contribution is -0.139. The molecule has 0 spiro atoms. The fraction of sp³-hybridized carbons (Fsp3) is 0.438. The quantitative estimate of drug-likeness (QED) is 0.718. The monoisotopic (exact) mass is 313 g/mol. The van der Waals surface area contributed by atoms with Crippen molar-refractivity contribution in [2.24, 2.45) is 0 Å². The molecule has 1 aromatic carbocycles. The topological polar surface area (TPSA) is 53.1 Å². The highest BCUT2D eigenvalue weighted by Gasteiger charge is 2.26. The third-order valence-corrected chi connectivity index (χ3v) is 3.75. The molecule has 0 fully saturated rings. The maximum Gasteiger partial charge on any atom is 0.389 e.